The Morgan fingerprint density at radius 3 is 3.14 bits per heavy atom. The van der Waals surface area contributed by atoms with E-state index in [9.17, 15) is 4.79 Å². The predicted molar refractivity (Wildman–Crippen MR) is 53.0 cm³/mol. The Morgan fingerprint density at radius 1 is 1.86 bits per heavy atom. The molecule has 0 amide bonds. The van der Waals surface area contributed by atoms with Crippen LogP contribution in [0.5, 0.6) is 0 Å². The van der Waals surface area contributed by atoms with Gasteiger partial charge in [-0.3, -0.25) is 10.1 Å². The van der Waals surface area contributed by atoms with E-state index in [1.165, 1.54) is 0 Å². The lowest BCUT2D eigenvalue weighted by atomic mass is 10.3. The van der Waals surface area contributed by atoms with Crippen molar-refractivity contribution >= 4 is 17.7 Å². The average Bonchev–Trinajstić information content (AvgIpc) is 2.71. The maximum Gasteiger partial charge on any atom is 0.321 e. The number of carboxylic acid groups (broad SMARTS) is 1. The van der Waals surface area contributed by atoms with Gasteiger partial charge in [0.15, 0.2) is 0 Å². The lowest BCUT2D eigenvalue weighted by Gasteiger charge is -2.10. The van der Waals surface area contributed by atoms with Crippen molar-refractivity contribution in [1.82, 2.24) is 14.9 Å². The number of hydrogen-bond donors (Lipinski definition) is 2. The molecule has 1 aliphatic heterocycles. The van der Waals surface area contributed by atoms with Gasteiger partial charge in [0.1, 0.15) is 17.2 Å². The summed E-state index contributed by atoms with van der Waals surface area (Å²) >= 11 is 1.58. The van der Waals surface area contributed by atoms with E-state index in [0.717, 1.165) is 5.82 Å². The third kappa shape index (κ3) is 1.62. The highest BCUT2D eigenvalue weighted by Crippen LogP contribution is 2.31. The lowest BCUT2D eigenvalue weighted by Crippen LogP contribution is -2.34. The van der Waals surface area contributed by atoms with E-state index >= 15 is 0 Å². The van der Waals surface area contributed by atoms with E-state index in [1.807, 2.05) is 17.8 Å². The van der Waals surface area contributed by atoms with Crippen LogP contribution < -0.4 is 5.32 Å². The Bertz CT molecular complexity index is 352. The topological polar surface area (TPSA) is 67.2 Å². The summed E-state index contributed by atoms with van der Waals surface area (Å²) in [6.07, 6.45) is 3.57. The van der Waals surface area contributed by atoms with Crippen LogP contribution in [0.1, 0.15) is 11.2 Å². The maximum absolute atomic E-state index is 10.7. The number of aromatic nitrogens is 2. The number of hydrogen-bond acceptors (Lipinski definition) is 4. The zero-order chi connectivity index (χ0) is 10.1. The first kappa shape index (κ1) is 9.54. The van der Waals surface area contributed by atoms with Crippen LogP contribution in [-0.2, 0) is 11.8 Å². The normalized spacial score (nSPS) is 26.6. The first-order chi connectivity index (χ1) is 6.68. The minimum absolute atomic E-state index is 0.00361. The van der Waals surface area contributed by atoms with Gasteiger partial charge in [0.2, 0.25) is 0 Å². The molecule has 0 radical (unpaired) electrons. The molecular formula is C8H11N3O2S. The molecule has 1 aliphatic rings. The minimum Gasteiger partial charge on any atom is -0.480 e. The summed E-state index contributed by atoms with van der Waals surface area (Å²) in [5, 5.41) is 11.8. The largest absolute Gasteiger partial charge is 0.480 e. The van der Waals surface area contributed by atoms with Crippen LogP contribution in [-0.4, -0.2) is 32.4 Å². The summed E-state index contributed by atoms with van der Waals surface area (Å²) < 4.78 is 1.90. The van der Waals surface area contributed by atoms with Crippen molar-refractivity contribution in [2.75, 3.05) is 5.75 Å². The lowest BCUT2D eigenvalue weighted by molar-refractivity contribution is -0.138. The molecule has 5 nitrogen and oxygen atoms in total. The second-order valence-corrected chi connectivity index (χ2v) is 4.31. The molecule has 6 heteroatoms. The highest BCUT2D eigenvalue weighted by molar-refractivity contribution is 7.99. The van der Waals surface area contributed by atoms with Crippen LogP contribution >= 0.6 is 11.8 Å². The van der Waals surface area contributed by atoms with Gasteiger partial charge in [-0.25, -0.2) is 4.98 Å². The van der Waals surface area contributed by atoms with Gasteiger partial charge in [-0.1, -0.05) is 0 Å². The molecule has 1 aromatic heterocycles. The Morgan fingerprint density at radius 2 is 2.64 bits per heavy atom. The number of aliphatic carboxylic acids is 1. The van der Waals surface area contributed by atoms with Crippen LogP contribution in [0, 0.1) is 0 Å². The SMILES string of the molecule is Cn1ccnc1[C@@H]1NC(C(=O)O)CS1. The molecule has 0 aromatic carbocycles. The number of nitrogens with one attached hydrogen (secondary N) is 1. The quantitative estimate of drug-likeness (QED) is 0.735. The highest BCUT2D eigenvalue weighted by Gasteiger charge is 2.32. The maximum atomic E-state index is 10.7. The van der Waals surface area contributed by atoms with E-state index in [-0.39, 0.29) is 5.37 Å². The summed E-state index contributed by atoms with van der Waals surface area (Å²) in [7, 11) is 1.90. The molecule has 1 unspecified atom stereocenters. The van der Waals surface area contributed by atoms with Gasteiger partial charge in [0.05, 0.1) is 0 Å². The molecule has 2 atom stereocenters. The zero-order valence-electron chi connectivity index (χ0n) is 7.67. The fourth-order valence-electron chi connectivity index (χ4n) is 1.39. The number of thioether (sulfide) groups is 1. The fourth-order valence-corrected chi connectivity index (χ4v) is 2.65. The van der Waals surface area contributed by atoms with Crippen LogP contribution in [0.3, 0.4) is 0 Å². The van der Waals surface area contributed by atoms with Crippen molar-refractivity contribution in [3.63, 3.8) is 0 Å². The Labute approximate surface area is 85.5 Å². The molecular weight excluding hydrogens is 202 g/mol. The third-order valence-electron chi connectivity index (χ3n) is 2.17. The van der Waals surface area contributed by atoms with E-state index in [1.54, 1.807) is 18.0 Å². The number of imidazole rings is 1. The smallest absolute Gasteiger partial charge is 0.321 e. The molecule has 0 bridgehead atoms. The number of aryl methyl sites for hydroxylation is 1. The number of rotatable bonds is 2. The van der Waals surface area contributed by atoms with Crippen molar-refractivity contribution in [3.8, 4) is 0 Å². The fraction of sp³-hybridized carbons (Fsp3) is 0.500. The molecule has 2 N–H and O–H groups in total. The van der Waals surface area contributed by atoms with Gasteiger partial charge >= 0.3 is 5.97 Å². The summed E-state index contributed by atoms with van der Waals surface area (Å²) in [5.41, 5.74) is 0. The van der Waals surface area contributed by atoms with E-state index < -0.39 is 12.0 Å². The molecule has 0 aliphatic carbocycles. The van der Waals surface area contributed by atoms with Gasteiger partial charge in [-0.2, -0.15) is 0 Å². The summed E-state index contributed by atoms with van der Waals surface area (Å²) in [4.78, 5) is 14.9. The molecule has 76 valence electrons. The molecule has 0 saturated carbocycles. The zero-order valence-corrected chi connectivity index (χ0v) is 8.49. The van der Waals surface area contributed by atoms with Crippen LogP contribution in [0.15, 0.2) is 12.4 Å². The first-order valence-electron chi connectivity index (χ1n) is 4.26. The molecule has 1 aromatic rings. The van der Waals surface area contributed by atoms with Gasteiger partial charge in [-0.05, 0) is 0 Å². The number of carboxylic acids is 1. The number of nitrogens with zero attached hydrogens (tertiary/aromatic N) is 2. The van der Waals surface area contributed by atoms with Crippen molar-refractivity contribution in [1.29, 1.82) is 0 Å². The third-order valence-corrected chi connectivity index (χ3v) is 3.38. The summed E-state index contributed by atoms with van der Waals surface area (Å²) in [6.45, 7) is 0. The van der Waals surface area contributed by atoms with Gasteiger partial charge < -0.3 is 9.67 Å². The molecule has 1 fully saturated rings. The van der Waals surface area contributed by atoms with Gasteiger partial charge in [-0.15, -0.1) is 11.8 Å². The van der Waals surface area contributed by atoms with Crippen molar-refractivity contribution < 1.29 is 9.90 Å². The predicted octanol–water partition coefficient (Wildman–Crippen LogP) is 0.208. The van der Waals surface area contributed by atoms with Crippen LogP contribution in [0.25, 0.3) is 0 Å². The van der Waals surface area contributed by atoms with Gasteiger partial charge in [0, 0.05) is 25.2 Å². The molecule has 2 rings (SSSR count). The van der Waals surface area contributed by atoms with Crippen molar-refractivity contribution in [3.05, 3.63) is 18.2 Å². The standard InChI is InChI=1S/C8H11N3O2S/c1-11-3-2-9-6(11)7-10-5(4-14-7)8(12)13/h2-3,5,7,10H,4H2,1H3,(H,12,13)/t5?,7-/m1/s1. The Kier molecular flexibility index (Phi) is 2.47. The highest BCUT2D eigenvalue weighted by atomic mass is 32.2. The monoisotopic (exact) mass is 213 g/mol. The minimum atomic E-state index is -0.797. The van der Waals surface area contributed by atoms with Crippen LogP contribution in [0.4, 0.5) is 0 Å². The Balaban J connectivity index is 2.10. The van der Waals surface area contributed by atoms with Crippen LogP contribution in [0.2, 0.25) is 0 Å². The first-order valence-corrected chi connectivity index (χ1v) is 5.31. The van der Waals surface area contributed by atoms with Crippen molar-refractivity contribution in [2.45, 2.75) is 11.4 Å². The van der Waals surface area contributed by atoms with E-state index in [0.29, 0.717) is 5.75 Å². The summed E-state index contributed by atoms with van der Waals surface area (Å²) in [5.74, 6) is 0.667. The molecule has 14 heavy (non-hydrogen) atoms. The van der Waals surface area contributed by atoms with E-state index in [4.69, 9.17) is 5.11 Å². The average molecular weight is 213 g/mol. The summed E-state index contributed by atoms with van der Waals surface area (Å²) in [6, 6.07) is -0.457. The second kappa shape index (κ2) is 3.62. The molecule has 1 saturated heterocycles. The second-order valence-electron chi connectivity index (χ2n) is 3.17. The molecule has 2 heterocycles. The van der Waals surface area contributed by atoms with E-state index in [2.05, 4.69) is 10.3 Å². The van der Waals surface area contributed by atoms with Gasteiger partial charge in [0.25, 0.3) is 0 Å². The molecule has 0 spiro atoms. The number of carbonyl (C=O) groups is 1. The Hall–Kier alpha value is -1.01. The van der Waals surface area contributed by atoms with Crippen molar-refractivity contribution in [2.24, 2.45) is 7.05 Å².